The number of ketones is 1. The molecule has 0 aliphatic carbocycles. The quantitative estimate of drug-likeness (QED) is 0.783. The Bertz CT molecular complexity index is 447. The van der Waals surface area contributed by atoms with Crippen LogP contribution in [0.25, 0.3) is 0 Å². The van der Waals surface area contributed by atoms with E-state index in [4.69, 9.17) is 0 Å². The second-order valence-electron chi connectivity index (χ2n) is 4.43. The van der Waals surface area contributed by atoms with Crippen molar-refractivity contribution in [1.29, 1.82) is 0 Å². The van der Waals surface area contributed by atoms with Gasteiger partial charge in [-0.1, -0.05) is 6.92 Å². The normalized spacial score (nSPS) is 23.9. The van der Waals surface area contributed by atoms with Crippen molar-refractivity contribution in [2.45, 2.75) is 30.8 Å². The fraction of sp³-hybridized carbons (Fsp3) is 0.500. The first-order valence-electron chi connectivity index (χ1n) is 6.17. The Hall–Kier alpha value is -0.480. The van der Waals surface area contributed by atoms with Crippen molar-refractivity contribution < 1.29 is 9.18 Å². The average molecular weight is 284 g/mol. The van der Waals surface area contributed by atoms with Crippen molar-refractivity contribution in [3.05, 3.63) is 35.1 Å². The standard InChI is InChI=1S/C14H17FOS2/c1-3-12-14(18-7-6-17-12)13(16)11-5-4-10(15)8-9(11)2/h4-5,8,12,14H,3,6-7H2,1-2H3. The van der Waals surface area contributed by atoms with Crippen molar-refractivity contribution >= 4 is 29.3 Å². The van der Waals surface area contributed by atoms with Crippen LogP contribution in [0.4, 0.5) is 4.39 Å². The number of carbonyl (C=O) groups is 1. The smallest absolute Gasteiger partial charge is 0.177 e. The van der Waals surface area contributed by atoms with E-state index in [1.54, 1.807) is 24.8 Å². The summed E-state index contributed by atoms with van der Waals surface area (Å²) in [6.07, 6.45) is 1.01. The van der Waals surface area contributed by atoms with Gasteiger partial charge in [0.15, 0.2) is 5.78 Å². The first-order chi connectivity index (χ1) is 8.63. The molecule has 1 aromatic rings. The summed E-state index contributed by atoms with van der Waals surface area (Å²) in [5, 5.41) is 0.415. The summed E-state index contributed by atoms with van der Waals surface area (Å²) in [5.41, 5.74) is 1.42. The van der Waals surface area contributed by atoms with Crippen LogP contribution in [-0.2, 0) is 0 Å². The number of hydrogen-bond acceptors (Lipinski definition) is 3. The number of halogens is 1. The van der Waals surface area contributed by atoms with E-state index in [1.165, 1.54) is 12.1 Å². The van der Waals surface area contributed by atoms with Crippen LogP contribution in [0.5, 0.6) is 0 Å². The van der Waals surface area contributed by atoms with Crippen LogP contribution >= 0.6 is 23.5 Å². The Labute approximate surface area is 116 Å². The molecule has 1 saturated heterocycles. The van der Waals surface area contributed by atoms with Gasteiger partial charge < -0.3 is 0 Å². The molecule has 2 unspecified atom stereocenters. The molecule has 2 rings (SSSR count). The van der Waals surface area contributed by atoms with Crippen LogP contribution in [0.2, 0.25) is 0 Å². The van der Waals surface area contributed by atoms with Gasteiger partial charge >= 0.3 is 0 Å². The number of carbonyl (C=O) groups excluding carboxylic acids is 1. The summed E-state index contributed by atoms with van der Waals surface area (Å²) in [4.78, 5) is 12.5. The SMILES string of the molecule is CCC1SCCSC1C(=O)c1ccc(F)cc1C. The summed E-state index contributed by atoms with van der Waals surface area (Å²) in [5.74, 6) is 2.03. The largest absolute Gasteiger partial charge is 0.293 e. The average Bonchev–Trinajstić information content (AvgIpc) is 2.38. The molecule has 1 heterocycles. The Morgan fingerprint density at radius 1 is 1.39 bits per heavy atom. The zero-order chi connectivity index (χ0) is 13.1. The molecule has 0 bridgehead atoms. The molecular weight excluding hydrogens is 267 g/mol. The highest BCUT2D eigenvalue weighted by molar-refractivity contribution is 8.07. The third-order valence-electron chi connectivity index (χ3n) is 3.17. The summed E-state index contributed by atoms with van der Waals surface area (Å²) in [6, 6.07) is 4.44. The number of rotatable bonds is 3. The summed E-state index contributed by atoms with van der Waals surface area (Å²) in [7, 11) is 0. The second-order valence-corrected chi connectivity index (χ2v) is 7.03. The highest BCUT2D eigenvalue weighted by atomic mass is 32.2. The van der Waals surface area contributed by atoms with Gasteiger partial charge in [-0.05, 0) is 37.1 Å². The van der Waals surface area contributed by atoms with Gasteiger partial charge in [-0.25, -0.2) is 4.39 Å². The molecule has 98 valence electrons. The summed E-state index contributed by atoms with van der Waals surface area (Å²) >= 11 is 3.64. The summed E-state index contributed by atoms with van der Waals surface area (Å²) < 4.78 is 13.1. The van der Waals surface area contributed by atoms with Gasteiger partial charge in [0.25, 0.3) is 0 Å². The molecule has 0 aromatic heterocycles. The highest BCUT2D eigenvalue weighted by Crippen LogP contribution is 2.35. The van der Waals surface area contributed by atoms with Crippen LogP contribution in [0, 0.1) is 12.7 Å². The fourth-order valence-electron chi connectivity index (χ4n) is 2.20. The van der Waals surface area contributed by atoms with Crippen LogP contribution in [0.3, 0.4) is 0 Å². The zero-order valence-corrected chi connectivity index (χ0v) is 12.2. The molecular formula is C14H17FOS2. The second kappa shape index (κ2) is 6.11. The molecule has 0 spiro atoms. The molecule has 0 radical (unpaired) electrons. The lowest BCUT2D eigenvalue weighted by molar-refractivity contribution is 0.0987. The lowest BCUT2D eigenvalue weighted by Gasteiger charge is -2.29. The van der Waals surface area contributed by atoms with Crippen LogP contribution in [-0.4, -0.2) is 27.8 Å². The van der Waals surface area contributed by atoms with Crippen molar-refractivity contribution in [2.24, 2.45) is 0 Å². The van der Waals surface area contributed by atoms with Gasteiger partial charge in [0, 0.05) is 22.3 Å². The van der Waals surface area contributed by atoms with E-state index in [0.29, 0.717) is 10.8 Å². The number of thioether (sulfide) groups is 2. The number of hydrogen-bond donors (Lipinski definition) is 0. The number of aryl methyl sites for hydroxylation is 1. The molecule has 2 atom stereocenters. The van der Waals surface area contributed by atoms with Gasteiger partial charge in [0.1, 0.15) is 5.82 Å². The maximum atomic E-state index is 13.1. The Morgan fingerprint density at radius 3 is 2.78 bits per heavy atom. The first kappa shape index (κ1) is 13.9. The molecule has 0 N–H and O–H groups in total. The maximum Gasteiger partial charge on any atom is 0.177 e. The Kier molecular flexibility index (Phi) is 4.73. The van der Waals surface area contributed by atoms with E-state index >= 15 is 0 Å². The summed E-state index contributed by atoms with van der Waals surface area (Å²) in [6.45, 7) is 3.93. The van der Waals surface area contributed by atoms with Gasteiger partial charge in [-0.15, -0.1) is 11.8 Å². The monoisotopic (exact) mass is 284 g/mol. The highest BCUT2D eigenvalue weighted by Gasteiger charge is 2.32. The van der Waals surface area contributed by atoms with Crippen molar-refractivity contribution in [3.8, 4) is 0 Å². The van der Waals surface area contributed by atoms with E-state index in [1.807, 2.05) is 11.8 Å². The third-order valence-corrected chi connectivity index (χ3v) is 6.41. The minimum atomic E-state index is -0.276. The molecule has 1 fully saturated rings. The lowest BCUT2D eigenvalue weighted by Crippen LogP contribution is -2.33. The predicted molar refractivity (Wildman–Crippen MR) is 78.3 cm³/mol. The van der Waals surface area contributed by atoms with E-state index in [2.05, 4.69) is 6.92 Å². The minimum Gasteiger partial charge on any atom is -0.293 e. The molecule has 0 amide bonds. The molecule has 1 nitrogen and oxygen atoms in total. The van der Waals surface area contributed by atoms with Gasteiger partial charge in [-0.3, -0.25) is 4.79 Å². The molecule has 1 aromatic carbocycles. The van der Waals surface area contributed by atoms with Crippen LogP contribution < -0.4 is 0 Å². The molecule has 4 heteroatoms. The van der Waals surface area contributed by atoms with E-state index in [0.717, 1.165) is 23.5 Å². The van der Waals surface area contributed by atoms with Crippen LogP contribution in [0.1, 0.15) is 29.3 Å². The Balaban J connectivity index is 2.24. The fourth-order valence-corrected chi connectivity index (χ4v) is 5.22. The zero-order valence-electron chi connectivity index (χ0n) is 10.6. The molecule has 0 saturated carbocycles. The van der Waals surface area contributed by atoms with Crippen LogP contribution in [0.15, 0.2) is 18.2 Å². The van der Waals surface area contributed by atoms with E-state index in [-0.39, 0.29) is 16.9 Å². The first-order valence-corrected chi connectivity index (χ1v) is 8.26. The van der Waals surface area contributed by atoms with Crippen molar-refractivity contribution in [3.63, 3.8) is 0 Å². The minimum absolute atomic E-state index is 0.0258. The number of Topliss-reactive ketones (excluding diaryl/α,β-unsaturated/α-hetero) is 1. The van der Waals surface area contributed by atoms with Gasteiger partial charge in [0.05, 0.1) is 5.25 Å². The maximum absolute atomic E-state index is 13.1. The number of benzene rings is 1. The molecule has 18 heavy (non-hydrogen) atoms. The predicted octanol–water partition coefficient (Wildman–Crippen LogP) is 3.94. The van der Waals surface area contributed by atoms with E-state index in [9.17, 15) is 9.18 Å². The molecule has 1 aliphatic heterocycles. The topological polar surface area (TPSA) is 17.1 Å². The Morgan fingerprint density at radius 2 is 2.11 bits per heavy atom. The lowest BCUT2D eigenvalue weighted by atomic mass is 10.00. The van der Waals surface area contributed by atoms with Crippen molar-refractivity contribution in [2.75, 3.05) is 11.5 Å². The van der Waals surface area contributed by atoms with E-state index < -0.39 is 0 Å². The van der Waals surface area contributed by atoms with Crippen molar-refractivity contribution in [1.82, 2.24) is 0 Å². The molecule has 1 aliphatic rings. The van der Waals surface area contributed by atoms with Gasteiger partial charge in [0.2, 0.25) is 0 Å². The third kappa shape index (κ3) is 2.91. The van der Waals surface area contributed by atoms with Gasteiger partial charge in [-0.2, -0.15) is 11.8 Å².